The van der Waals surface area contributed by atoms with E-state index in [2.05, 4.69) is 17.1 Å². The van der Waals surface area contributed by atoms with Crippen molar-refractivity contribution < 1.29 is 9.21 Å². The first-order chi connectivity index (χ1) is 13.2. The molecule has 3 heterocycles. The molecule has 1 aromatic carbocycles. The van der Waals surface area contributed by atoms with Gasteiger partial charge in [0, 0.05) is 37.0 Å². The number of piperidine rings is 1. The van der Waals surface area contributed by atoms with Crippen LogP contribution in [0.4, 0.5) is 0 Å². The molecule has 0 aliphatic carbocycles. The van der Waals surface area contributed by atoms with E-state index in [-0.39, 0.29) is 11.8 Å². The summed E-state index contributed by atoms with van der Waals surface area (Å²) in [5.41, 5.74) is 0.824. The lowest BCUT2D eigenvalue weighted by Gasteiger charge is -2.31. The Kier molecular flexibility index (Phi) is 4.94. The van der Waals surface area contributed by atoms with E-state index in [0.717, 1.165) is 42.7 Å². The molecule has 1 amide bonds. The number of carbonyl (C=O) groups is 1. The Bertz CT molecular complexity index is 1010. The van der Waals surface area contributed by atoms with E-state index in [0.29, 0.717) is 17.1 Å². The smallest absolute Gasteiger partial charge is 0.246 e. The van der Waals surface area contributed by atoms with Crippen LogP contribution in [-0.4, -0.2) is 38.7 Å². The van der Waals surface area contributed by atoms with Crippen LogP contribution < -0.4 is 0 Å². The number of nitrogens with zero attached hydrogens (tertiary/aromatic N) is 3. The fraction of sp³-hybridized carbons (Fsp3) is 0.350. The molecule has 1 atom stereocenters. The first-order valence-corrected chi connectivity index (χ1v) is 9.67. The molecule has 0 saturated carbocycles. The van der Waals surface area contributed by atoms with Gasteiger partial charge in [-0.1, -0.05) is 18.2 Å². The van der Waals surface area contributed by atoms with E-state index < -0.39 is 0 Å². The fourth-order valence-electron chi connectivity index (χ4n) is 3.68. The molecular formula is C20H22N4O2S. The summed E-state index contributed by atoms with van der Waals surface area (Å²) in [6, 6.07) is 9.76. The van der Waals surface area contributed by atoms with Crippen molar-refractivity contribution in [2.24, 2.45) is 0 Å². The Balaban J connectivity index is 1.47. The maximum atomic E-state index is 12.7. The lowest BCUT2D eigenvalue weighted by atomic mass is 9.97. The van der Waals surface area contributed by atoms with E-state index in [1.54, 1.807) is 12.2 Å². The number of H-pyrrole nitrogens is 1. The normalized spacial score (nSPS) is 17.8. The fourth-order valence-corrected chi connectivity index (χ4v) is 3.95. The maximum Gasteiger partial charge on any atom is 0.246 e. The molecule has 7 heteroatoms. The summed E-state index contributed by atoms with van der Waals surface area (Å²) >= 11 is 5.29. The minimum Gasteiger partial charge on any atom is -0.457 e. The van der Waals surface area contributed by atoms with Crippen LogP contribution in [0.3, 0.4) is 0 Å². The van der Waals surface area contributed by atoms with Gasteiger partial charge in [-0.2, -0.15) is 5.10 Å². The number of aromatic amines is 1. The highest BCUT2D eigenvalue weighted by Crippen LogP contribution is 2.26. The summed E-state index contributed by atoms with van der Waals surface area (Å²) in [4.78, 5) is 14.5. The van der Waals surface area contributed by atoms with Crippen LogP contribution in [0.1, 0.15) is 37.3 Å². The summed E-state index contributed by atoms with van der Waals surface area (Å²) in [5, 5.41) is 8.30. The molecule has 1 aliphatic heterocycles. The SMILES string of the molecule is CCn1c(C2CCCN(C(=O)/C=C/c3cc4ccccc4o3)C2)n[nH]c1=S. The number of amides is 1. The third-order valence-electron chi connectivity index (χ3n) is 5.04. The Morgan fingerprint density at radius 1 is 1.44 bits per heavy atom. The number of para-hydroxylation sites is 1. The summed E-state index contributed by atoms with van der Waals surface area (Å²) in [6.45, 7) is 4.25. The third kappa shape index (κ3) is 3.60. The molecule has 2 aromatic heterocycles. The van der Waals surface area contributed by atoms with Crippen molar-refractivity contribution in [2.75, 3.05) is 13.1 Å². The molecule has 0 radical (unpaired) electrons. The molecule has 1 fully saturated rings. The second kappa shape index (κ2) is 7.52. The predicted molar refractivity (Wildman–Crippen MR) is 107 cm³/mol. The largest absolute Gasteiger partial charge is 0.457 e. The Labute approximate surface area is 162 Å². The second-order valence-corrected chi connectivity index (χ2v) is 7.16. The molecule has 0 bridgehead atoms. The highest BCUT2D eigenvalue weighted by atomic mass is 32.1. The summed E-state index contributed by atoms with van der Waals surface area (Å²) in [7, 11) is 0. The first-order valence-electron chi connectivity index (χ1n) is 9.26. The van der Waals surface area contributed by atoms with Crippen LogP contribution in [0.25, 0.3) is 17.0 Å². The Hall–Kier alpha value is -2.67. The van der Waals surface area contributed by atoms with Crippen molar-refractivity contribution in [3.8, 4) is 0 Å². The van der Waals surface area contributed by atoms with Crippen molar-refractivity contribution in [1.82, 2.24) is 19.7 Å². The number of fused-ring (bicyclic) bond motifs is 1. The molecule has 4 rings (SSSR count). The van der Waals surface area contributed by atoms with Crippen LogP contribution in [0.2, 0.25) is 0 Å². The van der Waals surface area contributed by atoms with Gasteiger partial charge < -0.3 is 13.9 Å². The van der Waals surface area contributed by atoms with Crippen LogP contribution in [0, 0.1) is 4.77 Å². The van der Waals surface area contributed by atoms with E-state index in [9.17, 15) is 4.79 Å². The van der Waals surface area contributed by atoms with Gasteiger partial charge in [0.2, 0.25) is 5.91 Å². The predicted octanol–water partition coefficient (Wildman–Crippen LogP) is 4.13. The van der Waals surface area contributed by atoms with Gasteiger partial charge in [0.1, 0.15) is 17.2 Å². The first kappa shape index (κ1) is 17.7. The molecule has 27 heavy (non-hydrogen) atoms. The average molecular weight is 382 g/mol. The number of hydrogen-bond donors (Lipinski definition) is 1. The highest BCUT2D eigenvalue weighted by Gasteiger charge is 2.27. The number of rotatable bonds is 4. The Morgan fingerprint density at radius 3 is 3.11 bits per heavy atom. The van der Waals surface area contributed by atoms with Crippen LogP contribution >= 0.6 is 12.2 Å². The van der Waals surface area contributed by atoms with E-state index in [4.69, 9.17) is 16.6 Å². The summed E-state index contributed by atoms with van der Waals surface area (Å²) in [6.07, 6.45) is 5.31. The molecule has 6 nitrogen and oxygen atoms in total. The van der Waals surface area contributed by atoms with Crippen molar-refractivity contribution in [1.29, 1.82) is 0 Å². The van der Waals surface area contributed by atoms with Gasteiger partial charge in [0.15, 0.2) is 4.77 Å². The van der Waals surface area contributed by atoms with Crippen molar-refractivity contribution in [2.45, 2.75) is 32.2 Å². The van der Waals surface area contributed by atoms with Crippen molar-refractivity contribution in [3.05, 3.63) is 52.8 Å². The quantitative estimate of drug-likeness (QED) is 0.544. The molecule has 1 aliphatic rings. The van der Waals surface area contributed by atoms with Gasteiger partial charge in [-0.15, -0.1) is 0 Å². The van der Waals surface area contributed by atoms with Crippen molar-refractivity contribution in [3.63, 3.8) is 0 Å². The monoisotopic (exact) mass is 382 g/mol. The number of benzene rings is 1. The zero-order chi connectivity index (χ0) is 18.8. The average Bonchev–Trinajstić information content (AvgIpc) is 3.28. The number of carbonyl (C=O) groups excluding carboxylic acids is 1. The number of nitrogens with one attached hydrogen (secondary N) is 1. The van der Waals surface area contributed by atoms with E-state index >= 15 is 0 Å². The van der Waals surface area contributed by atoms with E-state index in [1.807, 2.05) is 39.8 Å². The van der Waals surface area contributed by atoms with Gasteiger partial charge in [-0.25, -0.2) is 0 Å². The standard InChI is InChI=1S/C20H22N4O2S/c1-2-24-19(21-22-20(24)27)15-7-5-11-23(13-15)18(25)10-9-16-12-14-6-3-4-8-17(14)26-16/h3-4,6,8-10,12,15H,2,5,7,11,13H2,1H3,(H,22,27)/b10-9+. The topological polar surface area (TPSA) is 67.1 Å². The van der Waals surface area contributed by atoms with Gasteiger partial charge in [0.25, 0.3) is 0 Å². The Morgan fingerprint density at radius 2 is 2.30 bits per heavy atom. The number of likely N-dealkylation sites (tertiary alicyclic amines) is 1. The summed E-state index contributed by atoms with van der Waals surface area (Å²) < 4.78 is 8.39. The number of furan rings is 1. The van der Waals surface area contributed by atoms with Gasteiger partial charge in [-0.05, 0) is 50.2 Å². The van der Waals surface area contributed by atoms with Crippen molar-refractivity contribution >= 4 is 35.2 Å². The highest BCUT2D eigenvalue weighted by molar-refractivity contribution is 7.71. The van der Waals surface area contributed by atoms with Gasteiger partial charge in [-0.3, -0.25) is 9.89 Å². The van der Waals surface area contributed by atoms with Crippen LogP contribution in [-0.2, 0) is 11.3 Å². The minimum absolute atomic E-state index is 0.00247. The zero-order valence-corrected chi connectivity index (χ0v) is 16.0. The summed E-state index contributed by atoms with van der Waals surface area (Å²) in [5.74, 6) is 1.83. The molecular weight excluding hydrogens is 360 g/mol. The molecule has 0 spiro atoms. The molecule has 1 unspecified atom stereocenters. The molecule has 3 aromatic rings. The minimum atomic E-state index is -0.00247. The second-order valence-electron chi connectivity index (χ2n) is 6.77. The number of aromatic nitrogens is 3. The maximum absolute atomic E-state index is 12.7. The molecule has 1 N–H and O–H groups in total. The molecule has 140 valence electrons. The van der Waals surface area contributed by atoms with Crippen LogP contribution in [0.5, 0.6) is 0 Å². The third-order valence-corrected chi connectivity index (χ3v) is 5.35. The van der Waals surface area contributed by atoms with Gasteiger partial charge >= 0.3 is 0 Å². The lowest BCUT2D eigenvalue weighted by molar-refractivity contribution is -0.127. The lowest BCUT2D eigenvalue weighted by Crippen LogP contribution is -2.38. The zero-order valence-electron chi connectivity index (χ0n) is 15.2. The van der Waals surface area contributed by atoms with Crippen LogP contribution in [0.15, 0.2) is 40.8 Å². The molecule has 1 saturated heterocycles. The number of hydrogen-bond acceptors (Lipinski definition) is 4. The van der Waals surface area contributed by atoms with E-state index in [1.165, 1.54) is 0 Å². The van der Waals surface area contributed by atoms with Gasteiger partial charge in [0.05, 0.1) is 0 Å².